The molecule has 3 aromatic rings. The first-order chi connectivity index (χ1) is 12.9. The van der Waals surface area contributed by atoms with Crippen LogP contribution in [0.4, 0.5) is 14.5 Å². The molecule has 1 aliphatic rings. The molecule has 1 aromatic heterocycles. The minimum absolute atomic E-state index is 0.00423. The van der Waals surface area contributed by atoms with Gasteiger partial charge in [-0.3, -0.25) is 14.5 Å². The number of rotatable bonds is 4. The van der Waals surface area contributed by atoms with Gasteiger partial charge in [-0.1, -0.05) is 12.1 Å². The maximum atomic E-state index is 13.9. The van der Waals surface area contributed by atoms with E-state index >= 15 is 0 Å². The number of carboxylic acids is 1. The molecule has 1 aliphatic heterocycles. The van der Waals surface area contributed by atoms with Gasteiger partial charge >= 0.3 is 5.97 Å². The van der Waals surface area contributed by atoms with Crippen LogP contribution < -0.4 is 9.64 Å². The van der Waals surface area contributed by atoms with E-state index in [0.29, 0.717) is 21.1 Å². The van der Waals surface area contributed by atoms with Crippen LogP contribution >= 0.6 is 11.3 Å². The fourth-order valence-corrected chi connectivity index (χ4v) is 3.87. The highest BCUT2D eigenvalue weighted by atomic mass is 32.1. The summed E-state index contributed by atoms with van der Waals surface area (Å²) in [6.45, 7) is -0.00423. The highest BCUT2D eigenvalue weighted by Crippen LogP contribution is 2.36. The summed E-state index contributed by atoms with van der Waals surface area (Å²) in [6.07, 6.45) is -1.65. The average Bonchev–Trinajstić information content (AvgIpc) is 3.05. The van der Waals surface area contributed by atoms with Gasteiger partial charge < -0.3 is 9.84 Å². The summed E-state index contributed by atoms with van der Waals surface area (Å²) in [5, 5.41) is 9.42. The number of halogens is 2. The number of amides is 1. The lowest BCUT2D eigenvalue weighted by Crippen LogP contribution is -2.46. The molecule has 0 bridgehead atoms. The molecular weight excluding hydrogens is 378 g/mol. The second kappa shape index (κ2) is 6.58. The summed E-state index contributed by atoms with van der Waals surface area (Å²) in [4.78, 5) is 29.3. The first-order valence-corrected chi connectivity index (χ1v) is 8.78. The van der Waals surface area contributed by atoms with Gasteiger partial charge in [0.1, 0.15) is 16.3 Å². The number of hydrogen-bond donors (Lipinski definition) is 1. The Labute approximate surface area is 155 Å². The number of thiazole rings is 1. The van der Waals surface area contributed by atoms with Crippen LogP contribution in [0.3, 0.4) is 0 Å². The van der Waals surface area contributed by atoms with Crippen molar-refractivity contribution in [2.45, 2.75) is 19.1 Å². The summed E-state index contributed by atoms with van der Waals surface area (Å²) >= 11 is 1.14. The molecule has 0 radical (unpaired) electrons. The number of carbonyl (C=O) groups excluding carboxylic acids is 1. The van der Waals surface area contributed by atoms with Crippen molar-refractivity contribution in [1.29, 1.82) is 0 Å². The Morgan fingerprint density at radius 1 is 1.26 bits per heavy atom. The third-order valence-electron chi connectivity index (χ3n) is 4.12. The van der Waals surface area contributed by atoms with Crippen molar-refractivity contribution in [3.63, 3.8) is 0 Å². The number of carbonyl (C=O) groups is 2. The smallest absolute Gasteiger partial charge is 0.307 e. The predicted octanol–water partition coefficient (Wildman–Crippen LogP) is 3.34. The lowest BCUT2D eigenvalue weighted by molar-refractivity contribution is -0.142. The Hall–Kier alpha value is -3.07. The molecule has 1 atom stereocenters. The zero-order valence-electron chi connectivity index (χ0n) is 13.7. The fraction of sp³-hybridized carbons (Fsp3) is 0.167. The van der Waals surface area contributed by atoms with Crippen molar-refractivity contribution in [2.24, 2.45) is 0 Å². The zero-order chi connectivity index (χ0) is 19.1. The molecule has 138 valence electrons. The summed E-state index contributed by atoms with van der Waals surface area (Å²) in [5.41, 5.74) is 0.376. The number of ether oxygens (including phenoxy) is 1. The molecule has 0 spiro atoms. The number of aliphatic carboxylic acids is 1. The molecule has 2 aromatic carbocycles. The van der Waals surface area contributed by atoms with Crippen LogP contribution in [-0.2, 0) is 16.1 Å². The Balaban J connectivity index is 1.72. The molecule has 0 saturated carbocycles. The molecular formula is C18H12F2N2O4S. The average molecular weight is 390 g/mol. The number of nitrogens with zero attached hydrogens (tertiary/aromatic N) is 2. The largest absolute Gasteiger partial charge is 0.481 e. The van der Waals surface area contributed by atoms with Crippen LogP contribution in [0.5, 0.6) is 5.75 Å². The van der Waals surface area contributed by atoms with Gasteiger partial charge in [0.05, 0.1) is 23.4 Å². The van der Waals surface area contributed by atoms with E-state index < -0.39 is 36.0 Å². The Morgan fingerprint density at radius 3 is 2.81 bits per heavy atom. The molecule has 27 heavy (non-hydrogen) atoms. The normalized spacial score (nSPS) is 16.3. The summed E-state index contributed by atoms with van der Waals surface area (Å²) in [5.74, 6) is -3.34. The molecule has 0 aliphatic carbocycles. The van der Waals surface area contributed by atoms with Gasteiger partial charge in [-0.15, -0.1) is 11.3 Å². The molecule has 2 heterocycles. The van der Waals surface area contributed by atoms with Crippen molar-refractivity contribution in [3.05, 3.63) is 53.0 Å². The first-order valence-electron chi connectivity index (χ1n) is 7.96. The van der Waals surface area contributed by atoms with Gasteiger partial charge in [0.2, 0.25) is 0 Å². The molecule has 1 amide bonds. The van der Waals surface area contributed by atoms with Gasteiger partial charge in [0.25, 0.3) is 5.91 Å². The van der Waals surface area contributed by atoms with Crippen LogP contribution in [-0.4, -0.2) is 28.1 Å². The Bertz CT molecular complexity index is 1070. The summed E-state index contributed by atoms with van der Waals surface area (Å²) in [7, 11) is 0. The molecule has 1 unspecified atom stereocenters. The van der Waals surface area contributed by atoms with Gasteiger partial charge in [-0.25, -0.2) is 13.8 Å². The van der Waals surface area contributed by atoms with Crippen LogP contribution in [0.2, 0.25) is 0 Å². The van der Waals surface area contributed by atoms with Crippen molar-refractivity contribution in [2.75, 3.05) is 4.90 Å². The quantitative estimate of drug-likeness (QED) is 0.739. The van der Waals surface area contributed by atoms with E-state index in [9.17, 15) is 18.4 Å². The molecule has 1 N–H and O–H groups in total. The van der Waals surface area contributed by atoms with E-state index in [4.69, 9.17) is 9.84 Å². The van der Waals surface area contributed by atoms with Gasteiger partial charge in [0, 0.05) is 0 Å². The van der Waals surface area contributed by atoms with Crippen LogP contribution in [0, 0.1) is 11.6 Å². The maximum Gasteiger partial charge on any atom is 0.307 e. The lowest BCUT2D eigenvalue weighted by atomic mass is 10.1. The second-order valence-electron chi connectivity index (χ2n) is 5.91. The van der Waals surface area contributed by atoms with Crippen molar-refractivity contribution in [1.82, 2.24) is 4.98 Å². The minimum Gasteiger partial charge on any atom is -0.481 e. The number of fused-ring (bicyclic) bond motifs is 2. The Morgan fingerprint density at radius 2 is 2.04 bits per heavy atom. The molecule has 0 saturated heterocycles. The van der Waals surface area contributed by atoms with E-state index in [-0.39, 0.29) is 12.1 Å². The Kier molecular flexibility index (Phi) is 4.23. The maximum absolute atomic E-state index is 13.9. The summed E-state index contributed by atoms with van der Waals surface area (Å²) < 4.78 is 33.3. The van der Waals surface area contributed by atoms with Crippen LogP contribution in [0.25, 0.3) is 10.2 Å². The zero-order valence-corrected chi connectivity index (χ0v) is 14.5. The number of hydrogen-bond acceptors (Lipinski definition) is 5. The number of benzene rings is 2. The van der Waals surface area contributed by atoms with Crippen molar-refractivity contribution < 1.29 is 28.2 Å². The van der Waals surface area contributed by atoms with Crippen LogP contribution in [0.15, 0.2) is 36.4 Å². The SMILES string of the molecule is O=C(O)CC1Oc2ccccc2N(Cc2nc3c(F)c(F)ccc3s2)C1=O. The van der Waals surface area contributed by atoms with Crippen LogP contribution in [0.1, 0.15) is 11.4 Å². The van der Waals surface area contributed by atoms with Crippen molar-refractivity contribution in [3.8, 4) is 5.75 Å². The van der Waals surface area contributed by atoms with Gasteiger partial charge in [-0.05, 0) is 24.3 Å². The molecule has 4 rings (SSSR count). The molecule has 9 heteroatoms. The van der Waals surface area contributed by atoms with E-state index in [1.165, 1.54) is 11.0 Å². The van der Waals surface area contributed by atoms with E-state index in [1.54, 1.807) is 24.3 Å². The number of carboxylic acid groups (broad SMARTS) is 1. The standard InChI is InChI=1S/C18H12F2N2O4S/c19-9-5-6-13-17(16(9)20)21-14(27-13)8-22-10-3-1-2-4-11(10)26-12(18(22)25)7-15(23)24/h1-6,12H,7-8H2,(H,23,24). The highest BCUT2D eigenvalue weighted by Gasteiger charge is 2.36. The monoisotopic (exact) mass is 390 g/mol. The van der Waals surface area contributed by atoms with E-state index in [2.05, 4.69) is 4.98 Å². The molecule has 0 fully saturated rings. The van der Waals surface area contributed by atoms with Crippen molar-refractivity contribution >= 4 is 39.1 Å². The first kappa shape index (κ1) is 17.3. The predicted molar refractivity (Wildman–Crippen MR) is 93.8 cm³/mol. The molecule has 6 nitrogen and oxygen atoms in total. The third kappa shape index (κ3) is 3.10. The fourth-order valence-electron chi connectivity index (χ4n) is 2.91. The summed E-state index contributed by atoms with van der Waals surface area (Å²) in [6, 6.07) is 9.18. The lowest BCUT2D eigenvalue weighted by Gasteiger charge is -2.33. The number of aromatic nitrogens is 1. The number of para-hydroxylation sites is 2. The third-order valence-corrected chi connectivity index (χ3v) is 5.12. The minimum atomic E-state index is -1.17. The van der Waals surface area contributed by atoms with Gasteiger partial charge in [0.15, 0.2) is 17.7 Å². The van der Waals surface area contributed by atoms with Gasteiger partial charge in [-0.2, -0.15) is 0 Å². The topological polar surface area (TPSA) is 79.7 Å². The van der Waals surface area contributed by atoms with E-state index in [1.807, 2.05) is 0 Å². The van der Waals surface area contributed by atoms with E-state index in [0.717, 1.165) is 17.4 Å². The second-order valence-corrected chi connectivity index (χ2v) is 7.03. The highest BCUT2D eigenvalue weighted by molar-refractivity contribution is 7.18. The number of anilines is 1.